The van der Waals surface area contributed by atoms with Crippen molar-refractivity contribution < 1.29 is 9.53 Å². The van der Waals surface area contributed by atoms with Crippen LogP contribution in [0, 0.1) is 0 Å². The Bertz CT molecular complexity index is 130. The number of ether oxygens (including phenoxy) is 1. The van der Waals surface area contributed by atoms with Crippen LogP contribution in [0.25, 0.3) is 0 Å². The first-order valence-corrected chi connectivity index (χ1v) is 5.56. The molecule has 0 aliphatic heterocycles. The van der Waals surface area contributed by atoms with Crippen LogP contribution in [0.15, 0.2) is 0 Å². The molecule has 5 heteroatoms. The maximum Gasteiger partial charge on any atom is 0.305 e. The predicted octanol–water partition coefficient (Wildman–Crippen LogP) is 3.17. The number of carbonyl (C=O) groups is 1. The van der Waals surface area contributed by atoms with Crippen LogP contribution in [-0.4, -0.2) is 14.7 Å². The Morgan fingerprint density at radius 3 is 2.36 bits per heavy atom. The zero-order valence-corrected chi connectivity index (χ0v) is 10.8. The lowest BCUT2D eigenvalue weighted by Crippen LogP contribution is -2.08. The van der Waals surface area contributed by atoms with E-state index < -0.39 is 0 Å². The molecule has 0 saturated carbocycles. The number of halogens is 3. The smallest absolute Gasteiger partial charge is 0.305 e. The first-order chi connectivity index (χ1) is 4.95. The number of alkyl halides is 3. The molecule has 0 fully saturated rings. The van der Waals surface area contributed by atoms with E-state index in [1.165, 1.54) is 0 Å². The van der Waals surface area contributed by atoms with E-state index >= 15 is 0 Å². The lowest BCUT2D eigenvalue weighted by molar-refractivity contribution is -0.143. The Morgan fingerprint density at radius 1 is 1.45 bits per heavy atom. The molecule has 66 valence electrons. The Balaban J connectivity index is 3.46. The highest BCUT2D eigenvalue weighted by molar-refractivity contribution is 9.39. The van der Waals surface area contributed by atoms with Crippen LogP contribution in [0.2, 0.25) is 0 Å². The van der Waals surface area contributed by atoms with E-state index in [0.29, 0.717) is 19.4 Å². The summed E-state index contributed by atoms with van der Waals surface area (Å²) in [5, 5.41) is 0. The zero-order chi connectivity index (χ0) is 8.91. The summed E-state index contributed by atoms with van der Waals surface area (Å²) in [6.07, 6.45) is 1.04. The summed E-state index contributed by atoms with van der Waals surface area (Å²) in [5.74, 6) is -0.171. The fourth-order valence-electron chi connectivity index (χ4n) is 0.477. The van der Waals surface area contributed by atoms with Crippen LogP contribution in [0.1, 0.15) is 19.8 Å². The minimum atomic E-state index is -0.334. The van der Waals surface area contributed by atoms with Crippen LogP contribution in [0.4, 0.5) is 0 Å². The normalized spacial score (nSPS) is 11.3. The molecule has 0 aromatic rings. The van der Waals surface area contributed by atoms with Gasteiger partial charge in [-0.05, 0) is 13.3 Å². The lowest BCUT2D eigenvalue weighted by Gasteiger charge is -2.10. The van der Waals surface area contributed by atoms with E-state index in [-0.39, 0.29) is 8.11 Å². The van der Waals surface area contributed by atoms with E-state index in [9.17, 15) is 4.79 Å². The van der Waals surface area contributed by atoms with Crippen LogP contribution >= 0.6 is 47.8 Å². The third kappa shape index (κ3) is 8.82. The molecule has 2 nitrogen and oxygen atoms in total. The maximum absolute atomic E-state index is 10.8. The van der Waals surface area contributed by atoms with Crippen molar-refractivity contribution in [2.75, 3.05) is 6.61 Å². The van der Waals surface area contributed by atoms with Crippen molar-refractivity contribution in [3.8, 4) is 0 Å². The first-order valence-electron chi connectivity index (χ1n) is 3.18. The van der Waals surface area contributed by atoms with Gasteiger partial charge >= 0.3 is 5.97 Å². The average Bonchev–Trinajstić information content (AvgIpc) is 1.83. The van der Waals surface area contributed by atoms with Crippen molar-refractivity contribution in [3.63, 3.8) is 0 Å². The predicted molar refractivity (Wildman–Crippen MR) is 55.4 cm³/mol. The van der Waals surface area contributed by atoms with Gasteiger partial charge in [0, 0.05) is 6.42 Å². The molecule has 0 bridgehead atoms. The molecule has 0 atom stereocenters. The maximum atomic E-state index is 10.8. The van der Waals surface area contributed by atoms with Crippen molar-refractivity contribution in [2.45, 2.75) is 21.9 Å². The molecule has 0 spiro atoms. The van der Waals surface area contributed by atoms with Gasteiger partial charge in [-0.15, -0.1) is 0 Å². The Hall–Kier alpha value is 0.910. The Morgan fingerprint density at radius 2 is 2.00 bits per heavy atom. The van der Waals surface area contributed by atoms with Crippen LogP contribution in [-0.2, 0) is 9.53 Å². The molecule has 0 aliphatic rings. The lowest BCUT2D eigenvalue weighted by atomic mass is 10.3. The molecule has 0 heterocycles. The quantitative estimate of drug-likeness (QED) is 0.576. The fourth-order valence-corrected chi connectivity index (χ4v) is 1.07. The van der Waals surface area contributed by atoms with Crippen molar-refractivity contribution >= 4 is 53.8 Å². The highest BCUT2D eigenvalue weighted by Gasteiger charge is 2.19. The second-order valence-corrected chi connectivity index (χ2v) is 9.17. The molecule has 0 unspecified atom stereocenters. The van der Waals surface area contributed by atoms with Crippen LogP contribution in [0.3, 0.4) is 0 Å². The largest absolute Gasteiger partial charge is 0.466 e. The summed E-state index contributed by atoms with van der Waals surface area (Å²) in [7, 11) is 0. The first kappa shape index (κ1) is 11.9. The summed E-state index contributed by atoms with van der Waals surface area (Å²) in [5.41, 5.74) is 0. The molecule has 11 heavy (non-hydrogen) atoms. The SMILES string of the molecule is CCOC(=O)CCC(Br)(Br)Br. The van der Waals surface area contributed by atoms with E-state index in [2.05, 4.69) is 47.8 Å². The molecular formula is C6H9Br3O2. The summed E-state index contributed by atoms with van der Waals surface area (Å²) in [4.78, 5) is 10.8. The number of rotatable bonds is 3. The topological polar surface area (TPSA) is 26.3 Å². The van der Waals surface area contributed by atoms with Gasteiger partial charge in [-0.1, -0.05) is 47.8 Å². The highest BCUT2D eigenvalue weighted by Crippen LogP contribution is 2.37. The van der Waals surface area contributed by atoms with Gasteiger partial charge in [0.15, 0.2) is 0 Å². The van der Waals surface area contributed by atoms with Crippen molar-refractivity contribution in [1.29, 1.82) is 0 Å². The van der Waals surface area contributed by atoms with Gasteiger partial charge in [0.1, 0.15) is 2.14 Å². The number of carbonyl (C=O) groups excluding carboxylic acids is 1. The van der Waals surface area contributed by atoms with E-state index in [0.717, 1.165) is 0 Å². The summed E-state index contributed by atoms with van der Waals surface area (Å²) in [6.45, 7) is 2.24. The molecule has 0 aromatic carbocycles. The van der Waals surface area contributed by atoms with E-state index in [4.69, 9.17) is 4.74 Å². The van der Waals surface area contributed by atoms with Gasteiger partial charge < -0.3 is 4.74 Å². The number of hydrogen-bond acceptors (Lipinski definition) is 2. The van der Waals surface area contributed by atoms with Crippen LogP contribution < -0.4 is 0 Å². The van der Waals surface area contributed by atoms with E-state index in [1.807, 2.05) is 0 Å². The number of hydrogen-bond donors (Lipinski definition) is 0. The fraction of sp³-hybridized carbons (Fsp3) is 0.833. The minimum Gasteiger partial charge on any atom is -0.466 e. The second kappa shape index (κ2) is 5.54. The van der Waals surface area contributed by atoms with Crippen LogP contribution in [0.5, 0.6) is 0 Å². The molecule has 0 saturated heterocycles. The average molecular weight is 353 g/mol. The Labute approximate surface area is 91.4 Å². The monoisotopic (exact) mass is 350 g/mol. The molecule has 0 radical (unpaired) electrons. The van der Waals surface area contributed by atoms with Crippen molar-refractivity contribution in [1.82, 2.24) is 0 Å². The van der Waals surface area contributed by atoms with Gasteiger partial charge in [-0.3, -0.25) is 4.79 Å². The summed E-state index contributed by atoms with van der Waals surface area (Å²) >= 11 is 9.85. The third-order valence-electron chi connectivity index (χ3n) is 0.918. The zero-order valence-electron chi connectivity index (χ0n) is 6.07. The highest BCUT2D eigenvalue weighted by atomic mass is 80.0. The molecule has 0 N–H and O–H groups in total. The minimum absolute atomic E-state index is 0.171. The standard InChI is InChI=1S/C6H9Br3O2/c1-2-11-5(10)3-4-6(7,8)9/h2-4H2,1H3. The van der Waals surface area contributed by atoms with Gasteiger partial charge in [-0.2, -0.15) is 0 Å². The molecule has 0 rings (SSSR count). The van der Waals surface area contributed by atoms with Crippen molar-refractivity contribution in [2.24, 2.45) is 0 Å². The second-order valence-electron chi connectivity index (χ2n) is 1.92. The summed E-state index contributed by atoms with van der Waals surface area (Å²) < 4.78 is 4.40. The summed E-state index contributed by atoms with van der Waals surface area (Å²) in [6, 6.07) is 0. The van der Waals surface area contributed by atoms with E-state index in [1.54, 1.807) is 6.92 Å². The number of esters is 1. The molecule has 0 aromatic heterocycles. The van der Waals surface area contributed by atoms with Gasteiger partial charge in [0.2, 0.25) is 0 Å². The molecule has 0 amide bonds. The van der Waals surface area contributed by atoms with Gasteiger partial charge in [-0.25, -0.2) is 0 Å². The Kier molecular flexibility index (Phi) is 6.00. The van der Waals surface area contributed by atoms with Crippen molar-refractivity contribution in [3.05, 3.63) is 0 Å². The third-order valence-corrected chi connectivity index (χ3v) is 2.11. The van der Waals surface area contributed by atoms with Gasteiger partial charge in [0.05, 0.1) is 6.61 Å². The van der Waals surface area contributed by atoms with Gasteiger partial charge in [0.25, 0.3) is 0 Å². The molecule has 0 aliphatic carbocycles. The molecular weight excluding hydrogens is 344 g/mol.